The average Bonchev–Trinajstić information content (AvgIpc) is 2.41. The molecule has 1 atom stereocenters. The highest BCUT2D eigenvalue weighted by Gasteiger charge is 2.18. The van der Waals surface area contributed by atoms with Crippen LogP contribution in [0.3, 0.4) is 0 Å². The highest BCUT2D eigenvalue weighted by molar-refractivity contribution is 5.22. The van der Waals surface area contributed by atoms with Gasteiger partial charge < -0.3 is 10.1 Å². The minimum absolute atomic E-state index is 0.593. The van der Waals surface area contributed by atoms with E-state index in [-0.39, 0.29) is 0 Å². The number of nitrogens with one attached hydrogen (secondary N) is 1. The molecule has 2 nitrogen and oxygen atoms in total. The standard InChI is InChI=1S/C16H25NO/c1-13-3-5-14(6-4-13)11-16(17-2)12-15-7-9-18-10-8-15/h3-6,15-17H,7-12H2,1-2H3. The van der Waals surface area contributed by atoms with E-state index in [1.807, 2.05) is 0 Å². The Morgan fingerprint density at radius 2 is 1.89 bits per heavy atom. The van der Waals surface area contributed by atoms with Gasteiger partial charge in [0, 0.05) is 19.3 Å². The zero-order valence-electron chi connectivity index (χ0n) is 11.6. The molecule has 1 fully saturated rings. The fraction of sp³-hybridized carbons (Fsp3) is 0.625. The molecule has 0 aliphatic carbocycles. The minimum Gasteiger partial charge on any atom is -0.381 e. The van der Waals surface area contributed by atoms with Gasteiger partial charge in [0.1, 0.15) is 0 Å². The molecule has 1 saturated heterocycles. The molecule has 2 rings (SSSR count). The number of aryl methyl sites for hydroxylation is 1. The van der Waals surface area contributed by atoms with E-state index in [2.05, 4.69) is 43.6 Å². The maximum atomic E-state index is 5.43. The first-order chi connectivity index (χ1) is 8.78. The number of likely N-dealkylation sites (N-methyl/N-ethyl adjacent to an activating group) is 1. The smallest absolute Gasteiger partial charge is 0.0468 e. The molecule has 0 aromatic heterocycles. The second kappa shape index (κ2) is 6.91. The molecule has 1 heterocycles. The second-order valence-electron chi connectivity index (χ2n) is 5.47. The molecular formula is C16H25NO. The highest BCUT2D eigenvalue weighted by Crippen LogP contribution is 2.21. The van der Waals surface area contributed by atoms with Crippen molar-refractivity contribution in [3.05, 3.63) is 35.4 Å². The summed E-state index contributed by atoms with van der Waals surface area (Å²) in [5, 5.41) is 3.47. The summed E-state index contributed by atoms with van der Waals surface area (Å²) in [5.41, 5.74) is 2.77. The van der Waals surface area contributed by atoms with Gasteiger partial charge in [0.2, 0.25) is 0 Å². The lowest BCUT2D eigenvalue weighted by atomic mass is 9.90. The summed E-state index contributed by atoms with van der Waals surface area (Å²) in [6.07, 6.45) is 4.86. The zero-order valence-corrected chi connectivity index (χ0v) is 11.6. The van der Waals surface area contributed by atoms with Crippen molar-refractivity contribution >= 4 is 0 Å². The number of rotatable bonds is 5. The predicted octanol–water partition coefficient (Wildman–Crippen LogP) is 2.94. The summed E-state index contributed by atoms with van der Waals surface area (Å²) >= 11 is 0. The highest BCUT2D eigenvalue weighted by atomic mass is 16.5. The van der Waals surface area contributed by atoms with Gasteiger partial charge in [-0.05, 0) is 51.1 Å². The fourth-order valence-corrected chi connectivity index (χ4v) is 2.70. The quantitative estimate of drug-likeness (QED) is 0.864. The van der Waals surface area contributed by atoms with Crippen molar-refractivity contribution in [2.24, 2.45) is 5.92 Å². The Morgan fingerprint density at radius 1 is 1.22 bits per heavy atom. The third-order valence-corrected chi connectivity index (χ3v) is 3.97. The number of hydrogen-bond donors (Lipinski definition) is 1. The SMILES string of the molecule is CNC(Cc1ccc(C)cc1)CC1CCOCC1. The van der Waals surface area contributed by atoms with Gasteiger partial charge in [0.15, 0.2) is 0 Å². The summed E-state index contributed by atoms with van der Waals surface area (Å²) in [5.74, 6) is 0.835. The lowest BCUT2D eigenvalue weighted by Gasteiger charge is -2.26. The van der Waals surface area contributed by atoms with Crippen LogP contribution < -0.4 is 5.32 Å². The van der Waals surface area contributed by atoms with Crippen molar-refractivity contribution in [3.63, 3.8) is 0 Å². The lowest BCUT2D eigenvalue weighted by Crippen LogP contribution is -2.31. The summed E-state index contributed by atoms with van der Waals surface area (Å²) in [7, 11) is 2.08. The molecule has 0 bridgehead atoms. The first-order valence-electron chi connectivity index (χ1n) is 7.08. The normalized spacial score (nSPS) is 18.8. The minimum atomic E-state index is 0.593. The van der Waals surface area contributed by atoms with E-state index < -0.39 is 0 Å². The van der Waals surface area contributed by atoms with Gasteiger partial charge in [-0.1, -0.05) is 29.8 Å². The van der Waals surface area contributed by atoms with Crippen molar-refractivity contribution in [2.45, 2.75) is 38.6 Å². The molecule has 0 amide bonds. The second-order valence-corrected chi connectivity index (χ2v) is 5.47. The van der Waals surface area contributed by atoms with Gasteiger partial charge in [0.25, 0.3) is 0 Å². The van der Waals surface area contributed by atoms with E-state index in [4.69, 9.17) is 4.74 Å². The molecular weight excluding hydrogens is 222 g/mol. The molecule has 0 spiro atoms. The first kappa shape index (κ1) is 13.6. The number of benzene rings is 1. The van der Waals surface area contributed by atoms with Crippen molar-refractivity contribution in [1.82, 2.24) is 5.32 Å². The van der Waals surface area contributed by atoms with Crippen molar-refractivity contribution in [2.75, 3.05) is 20.3 Å². The molecule has 1 unspecified atom stereocenters. The van der Waals surface area contributed by atoms with Gasteiger partial charge in [0.05, 0.1) is 0 Å². The number of hydrogen-bond acceptors (Lipinski definition) is 2. The lowest BCUT2D eigenvalue weighted by molar-refractivity contribution is 0.0608. The summed E-state index contributed by atoms with van der Waals surface area (Å²) in [4.78, 5) is 0. The van der Waals surface area contributed by atoms with Crippen LogP contribution >= 0.6 is 0 Å². The van der Waals surface area contributed by atoms with Crippen LogP contribution in [0, 0.1) is 12.8 Å². The topological polar surface area (TPSA) is 21.3 Å². The van der Waals surface area contributed by atoms with Crippen LogP contribution in [0.1, 0.15) is 30.4 Å². The predicted molar refractivity (Wildman–Crippen MR) is 75.9 cm³/mol. The van der Waals surface area contributed by atoms with Gasteiger partial charge in [-0.15, -0.1) is 0 Å². The molecule has 1 N–H and O–H groups in total. The van der Waals surface area contributed by atoms with Crippen molar-refractivity contribution in [3.8, 4) is 0 Å². The monoisotopic (exact) mass is 247 g/mol. The van der Waals surface area contributed by atoms with Gasteiger partial charge in [-0.2, -0.15) is 0 Å². The third kappa shape index (κ3) is 4.11. The Bertz CT molecular complexity index is 341. The summed E-state index contributed by atoms with van der Waals surface area (Å²) < 4.78 is 5.43. The Balaban J connectivity index is 1.86. The van der Waals surface area contributed by atoms with Crippen LogP contribution in [-0.2, 0) is 11.2 Å². The van der Waals surface area contributed by atoms with Gasteiger partial charge in [-0.3, -0.25) is 0 Å². The van der Waals surface area contributed by atoms with E-state index >= 15 is 0 Å². The van der Waals surface area contributed by atoms with Crippen LogP contribution in [0.25, 0.3) is 0 Å². The van der Waals surface area contributed by atoms with E-state index in [0.717, 1.165) is 25.6 Å². The van der Waals surface area contributed by atoms with Crippen molar-refractivity contribution in [1.29, 1.82) is 0 Å². The molecule has 18 heavy (non-hydrogen) atoms. The maximum Gasteiger partial charge on any atom is 0.0468 e. The third-order valence-electron chi connectivity index (χ3n) is 3.97. The van der Waals surface area contributed by atoms with Crippen LogP contribution in [0.5, 0.6) is 0 Å². The van der Waals surface area contributed by atoms with Crippen LogP contribution in [0.4, 0.5) is 0 Å². The zero-order chi connectivity index (χ0) is 12.8. The molecule has 2 heteroatoms. The van der Waals surface area contributed by atoms with E-state index in [0.29, 0.717) is 6.04 Å². The molecule has 1 aromatic carbocycles. The van der Waals surface area contributed by atoms with E-state index in [9.17, 15) is 0 Å². The molecule has 1 aliphatic heterocycles. The van der Waals surface area contributed by atoms with Gasteiger partial charge in [-0.25, -0.2) is 0 Å². The first-order valence-corrected chi connectivity index (χ1v) is 7.08. The average molecular weight is 247 g/mol. The van der Waals surface area contributed by atoms with E-state index in [1.165, 1.54) is 30.4 Å². The Morgan fingerprint density at radius 3 is 2.50 bits per heavy atom. The fourth-order valence-electron chi connectivity index (χ4n) is 2.70. The Kier molecular flexibility index (Phi) is 5.21. The Hall–Kier alpha value is -0.860. The number of ether oxygens (including phenoxy) is 1. The molecule has 0 radical (unpaired) electrons. The van der Waals surface area contributed by atoms with Crippen LogP contribution in [0.15, 0.2) is 24.3 Å². The molecule has 100 valence electrons. The largest absolute Gasteiger partial charge is 0.381 e. The van der Waals surface area contributed by atoms with E-state index in [1.54, 1.807) is 0 Å². The summed E-state index contributed by atoms with van der Waals surface area (Å²) in [6.45, 7) is 4.04. The van der Waals surface area contributed by atoms with Crippen molar-refractivity contribution < 1.29 is 4.74 Å². The molecule has 1 aromatic rings. The molecule has 1 aliphatic rings. The maximum absolute atomic E-state index is 5.43. The Labute approximate surface area is 111 Å². The van der Waals surface area contributed by atoms with Crippen LogP contribution in [0.2, 0.25) is 0 Å². The van der Waals surface area contributed by atoms with Gasteiger partial charge >= 0.3 is 0 Å². The molecule has 0 saturated carbocycles. The van der Waals surface area contributed by atoms with Crippen LogP contribution in [-0.4, -0.2) is 26.3 Å². The summed E-state index contributed by atoms with van der Waals surface area (Å²) in [6, 6.07) is 9.51.